The van der Waals surface area contributed by atoms with E-state index in [0.717, 1.165) is 48.6 Å². The van der Waals surface area contributed by atoms with E-state index in [0.29, 0.717) is 5.92 Å². The minimum Gasteiger partial charge on any atom is -0.355 e. The Morgan fingerprint density at radius 3 is 2.46 bits per heavy atom. The SMILES string of the molecule is Cc1ccc(Nc2ccccc2C(=O)N2CCC(c3cn[nH]c3C)CC2)cc1. The Morgan fingerprint density at radius 2 is 1.79 bits per heavy atom. The molecule has 144 valence electrons. The van der Waals surface area contributed by atoms with Crippen LogP contribution in [0.2, 0.25) is 0 Å². The van der Waals surface area contributed by atoms with Crippen molar-refractivity contribution in [2.75, 3.05) is 18.4 Å². The highest BCUT2D eigenvalue weighted by atomic mass is 16.2. The van der Waals surface area contributed by atoms with Crippen molar-refractivity contribution in [2.24, 2.45) is 0 Å². The van der Waals surface area contributed by atoms with Crippen molar-refractivity contribution >= 4 is 17.3 Å². The van der Waals surface area contributed by atoms with Crippen LogP contribution in [0.1, 0.15) is 45.9 Å². The van der Waals surface area contributed by atoms with E-state index in [1.807, 2.05) is 47.5 Å². The molecule has 3 aromatic rings. The van der Waals surface area contributed by atoms with Crippen molar-refractivity contribution in [2.45, 2.75) is 32.6 Å². The van der Waals surface area contributed by atoms with Gasteiger partial charge < -0.3 is 10.2 Å². The first-order valence-corrected chi connectivity index (χ1v) is 9.83. The summed E-state index contributed by atoms with van der Waals surface area (Å²) >= 11 is 0. The molecule has 0 saturated carbocycles. The largest absolute Gasteiger partial charge is 0.355 e. The summed E-state index contributed by atoms with van der Waals surface area (Å²) in [7, 11) is 0. The van der Waals surface area contributed by atoms with Gasteiger partial charge in [-0.25, -0.2) is 0 Å². The lowest BCUT2D eigenvalue weighted by Gasteiger charge is -2.32. The Hall–Kier alpha value is -3.08. The quantitative estimate of drug-likeness (QED) is 0.690. The number of carbonyl (C=O) groups is 1. The molecule has 5 heteroatoms. The van der Waals surface area contributed by atoms with Gasteiger partial charge in [0.05, 0.1) is 17.4 Å². The monoisotopic (exact) mass is 374 g/mol. The summed E-state index contributed by atoms with van der Waals surface area (Å²) in [5, 5.41) is 10.6. The van der Waals surface area contributed by atoms with Gasteiger partial charge in [0, 0.05) is 24.5 Å². The number of likely N-dealkylation sites (tertiary alicyclic amines) is 1. The topological polar surface area (TPSA) is 61.0 Å². The number of amides is 1. The van der Waals surface area contributed by atoms with Crippen molar-refractivity contribution in [3.05, 3.63) is 77.1 Å². The van der Waals surface area contributed by atoms with Crippen molar-refractivity contribution in [1.29, 1.82) is 0 Å². The fourth-order valence-electron chi connectivity index (χ4n) is 3.91. The molecule has 2 heterocycles. The van der Waals surface area contributed by atoms with Crippen LogP contribution in [0.15, 0.2) is 54.7 Å². The molecule has 5 nitrogen and oxygen atoms in total. The molecule has 0 atom stereocenters. The fourth-order valence-corrected chi connectivity index (χ4v) is 3.91. The zero-order valence-electron chi connectivity index (χ0n) is 16.4. The minimum absolute atomic E-state index is 0.0950. The van der Waals surface area contributed by atoms with Gasteiger partial charge in [0.15, 0.2) is 0 Å². The average molecular weight is 374 g/mol. The van der Waals surface area contributed by atoms with Crippen molar-refractivity contribution in [3.8, 4) is 0 Å². The summed E-state index contributed by atoms with van der Waals surface area (Å²) in [4.78, 5) is 15.2. The molecular formula is C23H26N4O. The molecule has 0 unspecified atom stereocenters. The second kappa shape index (κ2) is 7.89. The molecule has 1 fully saturated rings. The highest BCUT2D eigenvalue weighted by molar-refractivity contribution is 6.00. The lowest BCUT2D eigenvalue weighted by atomic mass is 9.89. The Balaban J connectivity index is 1.47. The number of anilines is 2. The van der Waals surface area contributed by atoms with E-state index in [4.69, 9.17) is 0 Å². The summed E-state index contributed by atoms with van der Waals surface area (Å²) in [6, 6.07) is 16.0. The van der Waals surface area contributed by atoms with Crippen molar-refractivity contribution in [1.82, 2.24) is 15.1 Å². The van der Waals surface area contributed by atoms with Crippen LogP contribution in [0.5, 0.6) is 0 Å². The Kier molecular flexibility index (Phi) is 5.15. The maximum atomic E-state index is 13.2. The average Bonchev–Trinajstić information content (AvgIpc) is 3.16. The summed E-state index contributed by atoms with van der Waals surface area (Å²) < 4.78 is 0. The van der Waals surface area contributed by atoms with E-state index in [9.17, 15) is 4.79 Å². The van der Waals surface area contributed by atoms with E-state index < -0.39 is 0 Å². The number of para-hydroxylation sites is 1. The number of nitrogens with zero attached hydrogens (tertiary/aromatic N) is 2. The van der Waals surface area contributed by atoms with E-state index >= 15 is 0 Å². The fraction of sp³-hybridized carbons (Fsp3) is 0.304. The molecule has 0 radical (unpaired) electrons. The second-order valence-corrected chi connectivity index (χ2v) is 7.55. The third kappa shape index (κ3) is 3.79. The van der Waals surface area contributed by atoms with Gasteiger partial charge in [-0.3, -0.25) is 9.89 Å². The van der Waals surface area contributed by atoms with Crippen LogP contribution in [0.25, 0.3) is 0 Å². The maximum absolute atomic E-state index is 13.2. The van der Waals surface area contributed by atoms with E-state index in [1.54, 1.807) is 0 Å². The number of aromatic amines is 1. The van der Waals surface area contributed by atoms with Gasteiger partial charge in [-0.2, -0.15) is 5.10 Å². The molecule has 1 aromatic heterocycles. The van der Waals surface area contributed by atoms with E-state index in [1.165, 1.54) is 11.1 Å². The number of hydrogen-bond donors (Lipinski definition) is 2. The van der Waals surface area contributed by atoms with Gasteiger partial charge in [-0.1, -0.05) is 29.8 Å². The highest BCUT2D eigenvalue weighted by Crippen LogP contribution is 2.31. The van der Waals surface area contributed by atoms with E-state index in [2.05, 4.69) is 41.5 Å². The van der Waals surface area contributed by atoms with Gasteiger partial charge in [-0.15, -0.1) is 0 Å². The molecule has 4 rings (SSSR count). The van der Waals surface area contributed by atoms with Crippen LogP contribution in [-0.4, -0.2) is 34.1 Å². The van der Waals surface area contributed by atoms with Gasteiger partial charge >= 0.3 is 0 Å². The minimum atomic E-state index is 0.0950. The summed E-state index contributed by atoms with van der Waals surface area (Å²) in [5.74, 6) is 0.571. The molecule has 2 N–H and O–H groups in total. The predicted molar refractivity (Wildman–Crippen MR) is 112 cm³/mol. The van der Waals surface area contributed by atoms with Gasteiger partial charge in [0.1, 0.15) is 0 Å². The highest BCUT2D eigenvalue weighted by Gasteiger charge is 2.27. The predicted octanol–water partition coefficient (Wildman–Crippen LogP) is 4.79. The van der Waals surface area contributed by atoms with Crippen molar-refractivity contribution < 1.29 is 4.79 Å². The third-order valence-electron chi connectivity index (χ3n) is 5.58. The van der Waals surface area contributed by atoms with Gasteiger partial charge in [0.25, 0.3) is 5.91 Å². The molecule has 0 bridgehead atoms. The third-order valence-corrected chi connectivity index (χ3v) is 5.58. The standard InChI is InChI=1S/C23H26N4O/c1-16-7-9-19(10-8-16)25-22-6-4-3-5-20(22)23(28)27-13-11-18(12-14-27)21-15-24-26-17(21)2/h3-10,15,18,25H,11-14H2,1-2H3,(H,24,26). The molecular weight excluding hydrogens is 348 g/mol. The molecule has 2 aromatic carbocycles. The molecule has 28 heavy (non-hydrogen) atoms. The number of piperidine rings is 1. The number of H-pyrrole nitrogens is 1. The first kappa shape index (κ1) is 18.3. The molecule has 0 aliphatic carbocycles. The van der Waals surface area contributed by atoms with Crippen LogP contribution in [-0.2, 0) is 0 Å². The Morgan fingerprint density at radius 1 is 1.07 bits per heavy atom. The first-order chi connectivity index (χ1) is 13.6. The molecule has 1 amide bonds. The number of nitrogens with one attached hydrogen (secondary N) is 2. The Labute approximate surface area is 165 Å². The van der Waals surface area contributed by atoms with Crippen LogP contribution in [0.3, 0.4) is 0 Å². The number of rotatable bonds is 4. The molecule has 0 spiro atoms. The van der Waals surface area contributed by atoms with Gasteiger partial charge in [0.2, 0.25) is 0 Å². The molecule has 1 saturated heterocycles. The maximum Gasteiger partial charge on any atom is 0.255 e. The lowest BCUT2D eigenvalue weighted by Crippen LogP contribution is -2.38. The lowest BCUT2D eigenvalue weighted by molar-refractivity contribution is 0.0714. The smallest absolute Gasteiger partial charge is 0.255 e. The number of hydrogen-bond acceptors (Lipinski definition) is 3. The van der Waals surface area contributed by atoms with Crippen LogP contribution in [0.4, 0.5) is 11.4 Å². The van der Waals surface area contributed by atoms with Crippen LogP contribution < -0.4 is 5.32 Å². The van der Waals surface area contributed by atoms with Crippen LogP contribution in [0, 0.1) is 13.8 Å². The van der Waals surface area contributed by atoms with E-state index in [-0.39, 0.29) is 5.91 Å². The van der Waals surface area contributed by atoms with Crippen LogP contribution >= 0.6 is 0 Å². The first-order valence-electron chi connectivity index (χ1n) is 9.83. The van der Waals surface area contributed by atoms with Gasteiger partial charge in [-0.05, 0) is 62.4 Å². The number of aryl methyl sites for hydroxylation is 2. The molecule has 1 aliphatic rings. The second-order valence-electron chi connectivity index (χ2n) is 7.55. The number of benzene rings is 2. The summed E-state index contributed by atoms with van der Waals surface area (Å²) in [6.45, 7) is 5.67. The number of carbonyl (C=O) groups excluding carboxylic acids is 1. The number of aromatic nitrogens is 2. The zero-order valence-corrected chi connectivity index (χ0v) is 16.4. The summed E-state index contributed by atoms with van der Waals surface area (Å²) in [6.07, 6.45) is 3.87. The van der Waals surface area contributed by atoms with Crippen molar-refractivity contribution in [3.63, 3.8) is 0 Å². The summed E-state index contributed by atoms with van der Waals surface area (Å²) in [5.41, 5.74) is 6.20. The Bertz CT molecular complexity index is 953. The zero-order chi connectivity index (χ0) is 19.5. The normalized spacial score (nSPS) is 14.9. The molecule has 1 aliphatic heterocycles.